The lowest BCUT2D eigenvalue weighted by atomic mass is 10.1. The van der Waals surface area contributed by atoms with Crippen molar-refractivity contribution in [3.8, 4) is 17.7 Å². The number of nitrogens with zero attached hydrogens (tertiary/aromatic N) is 3. The zero-order valence-corrected chi connectivity index (χ0v) is 12.9. The Kier molecular flexibility index (Phi) is 5.33. The van der Waals surface area contributed by atoms with Gasteiger partial charge in [-0.3, -0.25) is 4.79 Å². The summed E-state index contributed by atoms with van der Waals surface area (Å²) in [7, 11) is 1.56. The molecule has 1 heterocycles. The summed E-state index contributed by atoms with van der Waals surface area (Å²) >= 11 is 1.33. The molecule has 0 aliphatic carbocycles. The van der Waals surface area contributed by atoms with Crippen molar-refractivity contribution in [1.29, 1.82) is 5.26 Å². The van der Waals surface area contributed by atoms with E-state index in [9.17, 15) is 4.79 Å². The number of carbonyl (C=O) groups is 1. The summed E-state index contributed by atoms with van der Waals surface area (Å²) in [5, 5.41) is 9.48. The van der Waals surface area contributed by atoms with Crippen LogP contribution in [0.25, 0.3) is 0 Å². The standard InChI is InChI=1S/C15H13N3O3S/c1-20-12-5-3-10(4-6-12)13(19)9-21-14-11(7-16)8-17-15(18-14)22-2/h3-6,8H,9H2,1-2H3. The van der Waals surface area contributed by atoms with Gasteiger partial charge in [-0.2, -0.15) is 10.2 Å². The van der Waals surface area contributed by atoms with Gasteiger partial charge in [0.05, 0.1) is 13.3 Å². The minimum absolute atomic E-state index is 0.115. The Bertz CT molecular complexity index is 711. The van der Waals surface area contributed by atoms with Crippen LogP contribution in [0.4, 0.5) is 0 Å². The van der Waals surface area contributed by atoms with Gasteiger partial charge in [0, 0.05) is 5.56 Å². The van der Waals surface area contributed by atoms with Gasteiger partial charge in [0.15, 0.2) is 17.5 Å². The lowest BCUT2D eigenvalue weighted by molar-refractivity contribution is 0.0917. The highest BCUT2D eigenvalue weighted by molar-refractivity contribution is 7.98. The van der Waals surface area contributed by atoms with Crippen molar-refractivity contribution >= 4 is 17.5 Å². The van der Waals surface area contributed by atoms with Crippen LogP contribution in [-0.4, -0.2) is 35.7 Å². The van der Waals surface area contributed by atoms with E-state index in [0.29, 0.717) is 16.5 Å². The molecule has 0 aliphatic rings. The highest BCUT2D eigenvalue weighted by atomic mass is 32.2. The molecule has 0 amide bonds. The molecule has 1 aromatic carbocycles. The van der Waals surface area contributed by atoms with E-state index in [0.717, 1.165) is 0 Å². The van der Waals surface area contributed by atoms with Gasteiger partial charge in [-0.15, -0.1) is 0 Å². The van der Waals surface area contributed by atoms with Crippen LogP contribution in [0.3, 0.4) is 0 Å². The smallest absolute Gasteiger partial charge is 0.236 e. The number of hydrogen-bond donors (Lipinski definition) is 0. The molecule has 0 fully saturated rings. The molecule has 0 unspecified atom stereocenters. The van der Waals surface area contributed by atoms with Crippen LogP contribution in [0, 0.1) is 11.3 Å². The van der Waals surface area contributed by atoms with Gasteiger partial charge in [0.2, 0.25) is 5.88 Å². The number of thioether (sulfide) groups is 1. The molecule has 0 radical (unpaired) electrons. The first-order valence-corrected chi connectivity index (χ1v) is 7.51. The number of carbonyl (C=O) groups excluding carboxylic acids is 1. The topological polar surface area (TPSA) is 85.1 Å². The second kappa shape index (κ2) is 7.43. The molecule has 22 heavy (non-hydrogen) atoms. The Balaban J connectivity index is 2.08. The van der Waals surface area contributed by atoms with Gasteiger partial charge in [0.25, 0.3) is 0 Å². The first kappa shape index (κ1) is 15.8. The SMILES string of the molecule is COc1ccc(C(=O)COc2nc(SC)ncc2C#N)cc1. The van der Waals surface area contributed by atoms with Crippen molar-refractivity contribution in [1.82, 2.24) is 9.97 Å². The lowest BCUT2D eigenvalue weighted by Crippen LogP contribution is -2.13. The van der Waals surface area contributed by atoms with Crippen molar-refractivity contribution in [2.45, 2.75) is 5.16 Å². The average Bonchev–Trinajstić information content (AvgIpc) is 2.59. The largest absolute Gasteiger partial charge is 0.497 e. The minimum atomic E-state index is -0.212. The molecular weight excluding hydrogens is 302 g/mol. The van der Waals surface area contributed by atoms with E-state index in [-0.39, 0.29) is 23.8 Å². The molecule has 0 saturated carbocycles. The number of hydrogen-bond acceptors (Lipinski definition) is 7. The van der Waals surface area contributed by atoms with Gasteiger partial charge in [0.1, 0.15) is 17.4 Å². The third-order valence-corrected chi connectivity index (χ3v) is 3.35. The van der Waals surface area contributed by atoms with Crippen LogP contribution in [0.2, 0.25) is 0 Å². The predicted octanol–water partition coefficient (Wildman–Crippen LogP) is 2.34. The Hall–Kier alpha value is -2.59. The number of Topliss-reactive ketones (excluding diaryl/α,β-unsaturated/α-hetero) is 1. The van der Waals surface area contributed by atoms with E-state index in [4.69, 9.17) is 14.7 Å². The van der Waals surface area contributed by atoms with Crippen molar-refractivity contribution in [2.24, 2.45) is 0 Å². The van der Waals surface area contributed by atoms with Crippen molar-refractivity contribution in [2.75, 3.05) is 20.0 Å². The van der Waals surface area contributed by atoms with Gasteiger partial charge in [-0.25, -0.2) is 4.98 Å². The maximum absolute atomic E-state index is 12.1. The van der Waals surface area contributed by atoms with Crippen molar-refractivity contribution < 1.29 is 14.3 Å². The molecule has 7 heteroatoms. The molecule has 0 spiro atoms. The van der Waals surface area contributed by atoms with E-state index in [1.54, 1.807) is 31.4 Å². The molecule has 0 atom stereocenters. The third-order valence-electron chi connectivity index (χ3n) is 2.79. The van der Waals surface area contributed by atoms with Crippen molar-refractivity contribution in [3.63, 3.8) is 0 Å². The molecule has 6 nitrogen and oxygen atoms in total. The lowest BCUT2D eigenvalue weighted by Gasteiger charge is -2.07. The maximum atomic E-state index is 12.1. The number of methoxy groups -OCH3 is 1. The van der Waals surface area contributed by atoms with Gasteiger partial charge >= 0.3 is 0 Å². The number of aromatic nitrogens is 2. The fourth-order valence-corrected chi connectivity index (χ4v) is 1.96. The fraction of sp³-hybridized carbons (Fsp3) is 0.200. The normalized spacial score (nSPS) is 9.86. The van der Waals surface area contributed by atoms with Gasteiger partial charge in [-0.1, -0.05) is 11.8 Å². The van der Waals surface area contributed by atoms with E-state index >= 15 is 0 Å². The molecule has 2 aromatic rings. The highest BCUT2D eigenvalue weighted by Gasteiger charge is 2.12. The number of nitriles is 1. The summed E-state index contributed by atoms with van der Waals surface area (Å²) in [6.45, 7) is -0.203. The molecule has 0 N–H and O–H groups in total. The van der Waals surface area contributed by atoms with E-state index in [1.165, 1.54) is 18.0 Å². The number of benzene rings is 1. The summed E-state index contributed by atoms with van der Waals surface area (Å²) in [5.41, 5.74) is 0.693. The van der Waals surface area contributed by atoms with Crippen LogP contribution in [0.5, 0.6) is 11.6 Å². The molecule has 112 valence electrons. The van der Waals surface area contributed by atoms with Crippen molar-refractivity contribution in [3.05, 3.63) is 41.6 Å². The predicted molar refractivity (Wildman–Crippen MR) is 81.3 cm³/mol. The first-order chi connectivity index (χ1) is 10.7. The van der Waals surface area contributed by atoms with Crippen LogP contribution < -0.4 is 9.47 Å². The van der Waals surface area contributed by atoms with Crippen LogP contribution in [0.15, 0.2) is 35.6 Å². The Morgan fingerprint density at radius 2 is 2.09 bits per heavy atom. The number of ketones is 1. The minimum Gasteiger partial charge on any atom is -0.497 e. The summed E-state index contributed by atoms with van der Waals surface area (Å²) in [4.78, 5) is 20.1. The zero-order valence-electron chi connectivity index (χ0n) is 12.1. The molecule has 0 saturated heterocycles. The fourth-order valence-electron chi connectivity index (χ4n) is 1.63. The second-order valence-electron chi connectivity index (χ2n) is 4.13. The number of rotatable bonds is 6. The van der Waals surface area contributed by atoms with E-state index < -0.39 is 0 Å². The monoisotopic (exact) mass is 315 g/mol. The zero-order chi connectivity index (χ0) is 15.9. The highest BCUT2D eigenvalue weighted by Crippen LogP contribution is 2.18. The van der Waals surface area contributed by atoms with Crippen LogP contribution in [0.1, 0.15) is 15.9 Å². The second-order valence-corrected chi connectivity index (χ2v) is 4.90. The Morgan fingerprint density at radius 3 is 2.68 bits per heavy atom. The molecule has 0 aliphatic heterocycles. The molecule has 1 aromatic heterocycles. The average molecular weight is 315 g/mol. The van der Waals surface area contributed by atoms with Gasteiger partial charge < -0.3 is 9.47 Å². The maximum Gasteiger partial charge on any atom is 0.236 e. The summed E-state index contributed by atoms with van der Waals surface area (Å²) in [6.07, 6.45) is 3.19. The van der Waals surface area contributed by atoms with E-state index in [1.807, 2.05) is 12.3 Å². The first-order valence-electron chi connectivity index (χ1n) is 6.29. The molecule has 0 bridgehead atoms. The van der Waals surface area contributed by atoms with Crippen LogP contribution >= 0.6 is 11.8 Å². The Labute approximate surface area is 132 Å². The summed E-state index contributed by atoms with van der Waals surface area (Å²) < 4.78 is 10.4. The molecule has 2 rings (SSSR count). The quantitative estimate of drug-likeness (QED) is 0.459. The molecular formula is C15H13N3O3S. The Morgan fingerprint density at radius 1 is 1.36 bits per heavy atom. The summed E-state index contributed by atoms with van der Waals surface area (Å²) in [6, 6.07) is 8.65. The third kappa shape index (κ3) is 3.74. The van der Waals surface area contributed by atoms with E-state index in [2.05, 4.69) is 9.97 Å². The van der Waals surface area contributed by atoms with Gasteiger partial charge in [-0.05, 0) is 30.5 Å². The van der Waals surface area contributed by atoms with Crippen LogP contribution in [-0.2, 0) is 0 Å². The number of ether oxygens (including phenoxy) is 2. The summed E-state index contributed by atoms with van der Waals surface area (Å²) in [5.74, 6) is 0.573.